The van der Waals surface area contributed by atoms with Gasteiger partial charge in [0.15, 0.2) is 17.6 Å². The Balaban J connectivity index is 3.14. The molecule has 0 aliphatic rings. The van der Waals surface area contributed by atoms with Crippen molar-refractivity contribution < 1.29 is 39.9 Å². The number of hydrogen-bond donors (Lipinski definition) is 5. The van der Waals surface area contributed by atoms with E-state index in [4.69, 9.17) is 14.9 Å². The summed E-state index contributed by atoms with van der Waals surface area (Å²) in [6, 6.07) is 3.71. The lowest BCUT2D eigenvalue weighted by Gasteiger charge is -2.26. The van der Waals surface area contributed by atoms with Crippen molar-refractivity contribution in [2.45, 2.75) is 18.1 Å². The highest BCUT2D eigenvalue weighted by Gasteiger charge is 2.47. The fourth-order valence-corrected chi connectivity index (χ4v) is 1.64. The smallest absolute Gasteiger partial charge is 0.339 e. The number of aromatic hydroxyl groups is 1. The Bertz CT molecular complexity index is 526. The number of carboxylic acids is 2. The second-order valence-electron chi connectivity index (χ2n) is 4.15. The van der Waals surface area contributed by atoms with Gasteiger partial charge in [-0.15, -0.1) is 0 Å². The normalized spacial score (nSPS) is 15.2. The molecule has 0 spiro atoms. The molecule has 8 nitrogen and oxygen atoms in total. The molecule has 1 aromatic rings. The van der Waals surface area contributed by atoms with Crippen LogP contribution >= 0.6 is 0 Å². The van der Waals surface area contributed by atoms with Gasteiger partial charge in [0.1, 0.15) is 0 Å². The van der Waals surface area contributed by atoms with Gasteiger partial charge in [0.2, 0.25) is 5.60 Å². The van der Waals surface area contributed by atoms with E-state index < -0.39 is 30.1 Å². The summed E-state index contributed by atoms with van der Waals surface area (Å²) in [5.41, 5.74) is -2.72. The molecule has 1 aromatic carbocycles. The van der Waals surface area contributed by atoms with Crippen molar-refractivity contribution >= 4 is 11.9 Å². The summed E-state index contributed by atoms with van der Waals surface area (Å²) in [6.45, 7) is 0. The number of benzene rings is 1. The summed E-state index contributed by atoms with van der Waals surface area (Å²) in [6.07, 6.45) is -3.17. The standard InChI is InChI=1S/C12H14O8/c1-20-8-4-6(2-3-7(8)13)5-12(19,11(17)18)9(14)10(15)16/h2-4,9,13-14,19H,5H2,1H3,(H,15,16)(H,17,18). The molecular weight excluding hydrogens is 272 g/mol. The Morgan fingerprint density at radius 1 is 1.35 bits per heavy atom. The van der Waals surface area contributed by atoms with E-state index in [0.717, 1.165) is 0 Å². The number of ether oxygens (including phenoxy) is 1. The van der Waals surface area contributed by atoms with Crippen molar-refractivity contribution in [3.63, 3.8) is 0 Å². The van der Waals surface area contributed by atoms with Crippen LogP contribution in [-0.2, 0) is 16.0 Å². The number of phenolic OH excluding ortho intramolecular Hbond substituents is 1. The minimum atomic E-state index is -2.90. The van der Waals surface area contributed by atoms with Gasteiger partial charge >= 0.3 is 11.9 Å². The van der Waals surface area contributed by atoms with Gasteiger partial charge in [-0.05, 0) is 17.7 Å². The van der Waals surface area contributed by atoms with Crippen LogP contribution in [0.25, 0.3) is 0 Å². The van der Waals surface area contributed by atoms with Crippen LogP contribution in [0.3, 0.4) is 0 Å². The number of methoxy groups -OCH3 is 1. The van der Waals surface area contributed by atoms with E-state index in [2.05, 4.69) is 0 Å². The van der Waals surface area contributed by atoms with E-state index in [9.17, 15) is 24.9 Å². The van der Waals surface area contributed by atoms with Gasteiger partial charge in [-0.25, -0.2) is 9.59 Å². The number of carboxylic acid groups (broad SMARTS) is 2. The molecule has 5 N–H and O–H groups in total. The Hall–Kier alpha value is -2.32. The van der Waals surface area contributed by atoms with E-state index >= 15 is 0 Å². The Morgan fingerprint density at radius 2 is 1.95 bits per heavy atom. The summed E-state index contributed by atoms with van der Waals surface area (Å²) < 4.78 is 4.81. The monoisotopic (exact) mass is 286 g/mol. The first-order chi connectivity index (χ1) is 9.22. The second-order valence-corrected chi connectivity index (χ2v) is 4.15. The van der Waals surface area contributed by atoms with Gasteiger partial charge in [0.05, 0.1) is 7.11 Å². The molecule has 2 unspecified atom stereocenters. The van der Waals surface area contributed by atoms with Crippen LogP contribution in [0.5, 0.6) is 11.5 Å². The van der Waals surface area contributed by atoms with Gasteiger partial charge in [-0.2, -0.15) is 0 Å². The summed E-state index contributed by atoms with van der Waals surface area (Å²) in [5, 5.41) is 46.2. The minimum Gasteiger partial charge on any atom is -0.504 e. The molecule has 0 amide bonds. The molecule has 0 aliphatic carbocycles. The van der Waals surface area contributed by atoms with Crippen LogP contribution in [0.4, 0.5) is 0 Å². The topological polar surface area (TPSA) is 145 Å². The maximum atomic E-state index is 11.0. The number of aliphatic carboxylic acids is 2. The van der Waals surface area contributed by atoms with Crippen LogP contribution in [0.15, 0.2) is 18.2 Å². The third-order valence-electron chi connectivity index (χ3n) is 2.77. The van der Waals surface area contributed by atoms with Crippen molar-refractivity contribution in [3.8, 4) is 11.5 Å². The first-order valence-corrected chi connectivity index (χ1v) is 5.45. The van der Waals surface area contributed by atoms with E-state index in [1.54, 1.807) is 0 Å². The predicted molar refractivity (Wildman–Crippen MR) is 64.6 cm³/mol. The van der Waals surface area contributed by atoms with E-state index in [1.165, 1.54) is 25.3 Å². The van der Waals surface area contributed by atoms with Gasteiger partial charge in [-0.3, -0.25) is 0 Å². The fraction of sp³-hybridized carbons (Fsp3) is 0.333. The van der Waals surface area contributed by atoms with Gasteiger partial charge < -0.3 is 30.3 Å². The van der Waals surface area contributed by atoms with Crippen LogP contribution in [0.1, 0.15) is 5.56 Å². The quantitative estimate of drug-likeness (QED) is 0.457. The van der Waals surface area contributed by atoms with E-state index in [0.29, 0.717) is 0 Å². The van der Waals surface area contributed by atoms with Crippen molar-refractivity contribution in [1.29, 1.82) is 0 Å². The molecule has 2 atom stereocenters. The molecule has 8 heteroatoms. The fourth-order valence-electron chi connectivity index (χ4n) is 1.64. The molecule has 0 bridgehead atoms. The van der Waals surface area contributed by atoms with Gasteiger partial charge in [-0.1, -0.05) is 6.07 Å². The average Bonchev–Trinajstić information content (AvgIpc) is 2.39. The molecule has 0 aromatic heterocycles. The van der Waals surface area contributed by atoms with Crippen LogP contribution < -0.4 is 4.74 Å². The van der Waals surface area contributed by atoms with Crippen molar-refractivity contribution in [2.75, 3.05) is 7.11 Å². The van der Waals surface area contributed by atoms with Crippen molar-refractivity contribution in [3.05, 3.63) is 23.8 Å². The van der Waals surface area contributed by atoms with Gasteiger partial charge in [0.25, 0.3) is 0 Å². The highest BCUT2D eigenvalue weighted by atomic mass is 16.5. The van der Waals surface area contributed by atoms with Crippen LogP contribution in [0, 0.1) is 0 Å². The molecule has 110 valence electrons. The number of aliphatic hydroxyl groups excluding tert-OH is 1. The molecule has 20 heavy (non-hydrogen) atoms. The SMILES string of the molecule is COc1cc(CC(O)(C(=O)O)C(O)C(=O)O)ccc1O. The first kappa shape index (κ1) is 15.7. The average molecular weight is 286 g/mol. The summed E-state index contributed by atoms with van der Waals surface area (Å²) in [4.78, 5) is 21.7. The number of phenols is 1. The lowest BCUT2D eigenvalue weighted by atomic mass is 9.89. The Morgan fingerprint density at radius 3 is 2.40 bits per heavy atom. The third kappa shape index (κ3) is 2.98. The number of hydrogen-bond acceptors (Lipinski definition) is 6. The van der Waals surface area contributed by atoms with Gasteiger partial charge in [0, 0.05) is 6.42 Å². The number of aliphatic hydroxyl groups is 2. The minimum absolute atomic E-state index is 0.0278. The molecule has 0 saturated heterocycles. The first-order valence-electron chi connectivity index (χ1n) is 5.45. The number of carbonyl (C=O) groups is 2. The highest BCUT2D eigenvalue weighted by molar-refractivity contribution is 5.87. The predicted octanol–water partition coefficient (Wildman–Crippen LogP) is -0.796. The van der Waals surface area contributed by atoms with Crippen LogP contribution in [-0.4, -0.2) is 56.3 Å². The zero-order valence-electron chi connectivity index (χ0n) is 10.5. The lowest BCUT2D eigenvalue weighted by Crippen LogP contribution is -2.54. The molecule has 0 fully saturated rings. The molecular formula is C12H14O8. The largest absolute Gasteiger partial charge is 0.504 e. The summed E-state index contributed by atoms with van der Waals surface area (Å²) in [5.74, 6) is -3.91. The number of rotatable bonds is 6. The van der Waals surface area contributed by atoms with E-state index in [1.807, 2.05) is 0 Å². The molecule has 0 radical (unpaired) electrons. The Labute approximate surface area is 113 Å². The molecule has 1 rings (SSSR count). The van der Waals surface area contributed by atoms with Crippen molar-refractivity contribution in [2.24, 2.45) is 0 Å². The second kappa shape index (κ2) is 5.76. The maximum Gasteiger partial charge on any atom is 0.339 e. The third-order valence-corrected chi connectivity index (χ3v) is 2.77. The Kier molecular flexibility index (Phi) is 4.53. The van der Waals surface area contributed by atoms with E-state index in [-0.39, 0.29) is 17.1 Å². The summed E-state index contributed by atoms with van der Waals surface area (Å²) in [7, 11) is 1.27. The maximum absolute atomic E-state index is 11.0. The summed E-state index contributed by atoms with van der Waals surface area (Å²) >= 11 is 0. The van der Waals surface area contributed by atoms with Crippen LogP contribution in [0.2, 0.25) is 0 Å². The highest BCUT2D eigenvalue weighted by Crippen LogP contribution is 2.29. The molecule has 0 aliphatic heterocycles. The zero-order valence-corrected chi connectivity index (χ0v) is 10.5. The molecule has 0 saturated carbocycles. The lowest BCUT2D eigenvalue weighted by molar-refractivity contribution is -0.183. The zero-order chi connectivity index (χ0) is 15.5. The van der Waals surface area contributed by atoms with Crippen molar-refractivity contribution in [1.82, 2.24) is 0 Å². The molecule has 0 heterocycles.